The monoisotopic (exact) mass is 477 g/mol. The first-order valence-electron chi connectivity index (χ1n) is 9.52. The van der Waals surface area contributed by atoms with Crippen LogP contribution in [0, 0.1) is 6.92 Å². The van der Waals surface area contributed by atoms with Gasteiger partial charge in [-0.2, -0.15) is 0 Å². The van der Waals surface area contributed by atoms with Crippen molar-refractivity contribution >= 4 is 58.2 Å². The molecular weight excluding hydrogens is 457 g/mol. The molecule has 1 heterocycles. The van der Waals surface area contributed by atoms with E-state index in [1.165, 1.54) is 11.8 Å². The number of carbonyl (C=O) groups is 2. The van der Waals surface area contributed by atoms with Gasteiger partial charge in [-0.1, -0.05) is 52.7 Å². The van der Waals surface area contributed by atoms with E-state index in [-0.39, 0.29) is 24.0 Å². The highest BCUT2D eigenvalue weighted by Crippen LogP contribution is 2.26. The summed E-state index contributed by atoms with van der Waals surface area (Å²) in [7, 11) is 0. The highest BCUT2D eigenvalue weighted by Gasteiger charge is 2.16. The molecule has 0 spiro atoms. The van der Waals surface area contributed by atoms with Gasteiger partial charge >= 0.3 is 0 Å². The standard InChI is InChI=1S/C21H21Cl2N5O2S/c1-3-28-18(11-19(29)24-15-7-4-13(2)5-8-15)26-27-21(28)31-12-20(30)25-17-9-6-14(22)10-16(17)23/h4-10H,3,11-12H2,1-2H3,(H,24,29)(H,25,30). The summed E-state index contributed by atoms with van der Waals surface area (Å²) in [6, 6.07) is 12.4. The van der Waals surface area contributed by atoms with Crippen molar-refractivity contribution in [3.8, 4) is 0 Å². The van der Waals surface area contributed by atoms with Crippen LogP contribution in [0.5, 0.6) is 0 Å². The molecule has 3 rings (SSSR count). The topological polar surface area (TPSA) is 88.9 Å². The molecule has 7 nitrogen and oxygen atoms in total. The van der Waals surface area contributed by atoms with E-state index < -0.39 is 0 Å². The number of thioether (sulfide) groups is 1. The number of halogens is 2. The van der Waals surface area contributed by atoms with Gasteiger partial charge in [0.05, 0.1) is 22.9 Å². The van der Waals surface area contributed by atoms with Crippen LogP contribution in [0.25, 0.3) is 0 Å². The van der Waals surface area contributed by atoms with Crippen LogP contribution < -0.4 is 10.6 Å². The quantitative estimate of drug-likeness (QED) is 0.453. The van der Waals surface area contributed by atoms with E-state index in [9.17, 15) is 9.59 Å². The fourth-order valence-electron chi connectivity index (χ4n) is 2.77. The molecule has 0 radical (unpaired) electrons. The Morgan fingerprint density at radius 1 is 1.03 bits per heavy atom. The average molecular weight is 478 g/mol. The lowest BCUT2D eigenvalue weighted by Crippen LogP contribution is -2.18. The van der Waals surface area contributed by atoms with E-state index in [2.05, 4.69) is 20.8 Å². The molecule has 0 aliphatic carbocycles. The molecule has 2 amide bonds. The zero-order valence-corrected chi connectivity index (χ0v) is 19.3. The SMILES string of the molecule is CCn1c(CC(=O)Nc2ccc(C)cc2)nnc1SCC(=O)Nc1ccc(Cl)cc1Cl. The number of nitrogens with one attached hydrogen (secondary N) is 2. The van der Waals surface area contributed by atoms with E-state index in [0.29, 0.717) is 33.3 Å². The Balaban J connectivity index is 1.58. The lowest BCUT2D eigenvalue weighted by molar-refractivity contribution is -0.116. The van der Waals surface area contributed by atoms with Crippen molar-refractivity contribution in [3.63, 3.8) is 0 Å². The summed E-state index contributed by atoms with van der Waals surface area (Å²) in [5, 5.41) is 15.3. The first-order valence-corrected chi connectivity index (χ1v) is 11.3. The first-order chi connectivity index (χ1) is 14.9. The van der Waals surface area contributed by atoms with Crippen LogP contribution in [0.3, 0.4) is 0 Å². The Morgan fingerprint density at radius 2 is 1.77 bits per heavy atom. The molecule has 3 aromatic rings. The maximum absolute atomic E-state index is 12.4. The van der Waals surface area contributed by atoms with Crippen LogP contribution in [0.2, 0.25) is 10.0 Å². The van der Waals surface area contributed by atoms with Crippen molar-refractivity contribution in [1.82, 2.24) is 14.8 Å². The Bertz CT molecular complexity index is 1090. The molecular formula is C21H21Cl2N5O2S. The summed E-state index contributed by atoms with van der Waals surface area (Å²) < 4.78 is 1.82. The zero-order chi connectivity index (χ0) is 22.4. The number of nitrogens with zero attached hydrogens (tertiary/aromatic N) is 3. The van der Waals surface area contributed by atoms with Gasteiger partial charge in [-0.3, -0.25) is 9.59 Å². The van der Waals surface area contributed by atoms with Gasteiger partial charge in [-0.15, -0.1) is 10.2 Å². The first kappa shape index (κ1) is 23.1. The minimum Gasteiger partial charge on any atom is -0.326 e. The minimum absolute atomic E-state index is 0.0852. The average Bonchev–Trinajstić information content (AvgIpc) is 3.11. The molecule has 0 unspecified atom stereocenters. The van der Waals surface area contributed by atoms with E-state index in [0.717, 1.165) is 11.3 Å². The molecule has 0 fully saturated rings. The fourth-order valence-corrected chi connectivity index (χ4v) is 4.04. The van der Waals surface area contributed by atoms with Crippen LogP contribution in [-0.2, 0) is 22.6 Å². The van der Waals surface area contributed by atoms with Gasteiger partial charge in [0.15, 0.2) is 5.16 Å². The number of amides is 2. The number of carbonyl (C=O) groups excluding carboxylic acids is 2. The van der Waals surface area contributed by atoms with E-state index in [1.807, 2.05) is 42.7 Å². The second-order valence-electron chi connectivity index (χ2n) is 6.70. The Labute approximate surface area is 194 Å². The van der Waals surface area contributed by atoms with Gasteiger partial charge in [0.25, 0.3) is 0 Å². The summed E-state index contributed by atoms with van der Waals surface area (Å²) in [5.74, 6) is 0.235. The maximum Gasteiger partial charge on any atom is 0.234 e. The van der Waals surface area contributed by atoms with Crippen molar-refractivity contribution in [2.24, 2.45) is 0 Å². The lowest BCUT2D eigenvalue weighted by atomic mass is 10.2. The Kier molecular flexibility index (Phi) is 7.95. The maximum atomic E-state index is 12.4. The van der Waals surface area contributed by atoms with Crippen LogP contribution in [-0.4, -0.2) is 32.3 Å². The molecule has 31 heavy (non-hydrogen) atoms. The van der Waals surface area contributed by atoms with Crippen LogP contribution in [0.4, 0.5) is 11.4 Å². The number of anilines is 2. The summed E-state index contributed by atoms with van der Waals surface area (Å²) >= 11 is 13.2. The number of hydrogen-bond donors (Lipinski definition) is 2. The number of benzene rings is 2. The molecule has 0 bridgehead atoms. The molecule has 2 aromatic carbocycles. The van der Waals surface area contributed by atoms with Gasteiger partial charge in [-0.05, 0) is 44.2 Å². The Morgan fingerprint density at radius 3 is 2.45 bits per heavy atom. The molecule has 0 atom stereocenters. The number of rotatable bonds is 8. The van der Waals surface area contributed by atoms with Crippen molar-refractivity contribution in [2.45, 2.75) is 32.0 Å². The molecule has 0 aliphatic heterocycles. The van der Waals surface area contributed by atoms with Gasteiger partial charge in [0.2, 0.25) is 11.8 Å². The second kappa shape index (κ2) is 10.7. The third-order valence-electron chi connectivity index (χ3n) is 4.30. The molecule has 0 saturated carbocycles. The molecule has 0 saturated heterocycles. The van der Waals surface area contributed by atoms with E-state index in [4.69, 9.17) is 23.2 Å². The molecule has 10 heteroatoms. The second-order valence-corrected chi connectivity index (χ2v) is 8.48. The van der Waals surface area contributed by atoms with Crippen molar-refractivity contribution in [3.05, 3.63) is 63.9 Å². The highest BCUT2D eigenvalue weighted by molar-refractivity contribution is 7.99. The summed E-state index contributed by atoms with van der Waals surface area (Å²) in [4.78, 5) is 24.7. The number of aryl methyl sites for hydroxylation is 1. The smallest absolute Gasteiger partial charge is 0.234 e. The van der Waals surface area contributed by atoms with Crippen molar-refractivity contribution < 1.29 is 9.59 Å². The summed E-state index contributed by atoms with van der Waals surface area (Å²) in [5.41, 5.74) is 2.33. The Hall–Kier alpha value is -2.55. The normalized spacial score (nSPS) is 10.7. The lowest BCUT2D eigenvalue weighted by Gasteiger charge is -2.09. The van der Waals surface area contributed by atoms with Gasteiger partial charge < -0.3 is 15.2 Å². The number of aromatic nitrogens is 3. The van der Waals surface area contributed by atoms with E-state index >= 15 is 0 Å². The van der Waals surface area contributed by atoms with Crippen LogP contribution in [0.1, 0.15) is 18.3 Å². The van der Waals surface area contributed by atoms with Crippen molar-refractivity contribution in [1.29, 1.82) is 0 Å². The van der Waals surface area contributed by atoms with Crippen LogP contribution >= 0.6 is 35.0 Å². The van der Waals surface area contributed by atoms with Gasteiger partial charge in [0, 0.05) is 17.3 Å². The fraction of sp³-hybridized carbons (Fsp3) is 0.238. The van der Waals surface area contributed by atoms with Crippen LogP contribution in [0.15, 0.2) is 47.6 Å². The molecule has 0 aliphatic rings. The molecule has 2 N–H and O–H groups in total. The predicted octanol–water partition coefficient (Wildman–Crippen LogP) is 4.83. The third-order valence-corrected chi connectivity index (χ3v) is 5.82. The summed E-state index contributed by atoms with van der Waals surface area (Å²) in [6.07, 6.45) is 0.0852. The van der Waals surface area contributed by atoms with Gasteiger partial charge in [-0.25, -0.2) is 0 Å². The third kappa shape index (κ3) is 6.46. The van der Waals surface area contributed by atoms with Gasteiger partial charge in [0.1, 0.15) is 5.82 Å². The highest BCUT2D eigenvalue weighted by atomic mass is 35.5. The molecule has 1 aromatic heterocycles. The minimum atomic E-state index is -0.237. The van der Waals surface area contributed by atoms with E-state index in [1.54, 1.807) is 18.2 Å². The largest absolute Gasteiger partial charge is 0.326 e. The number of hydrogen-bond acceptors (Lipinski definition) is 5. The van der Waals surface area contributed by atoms with Crippen molar-refractivity contribution in [2.75, 3.05) is 16.4 Å². The molecule has 162 valence electrons. The predicted molar refractivity (Wildman–Crippen MR) is 125 cm³/mol. The zero-order valence-electron chi connectivity index (χ0n) is 17.0. The summed E-state index contributed by atoms with van der Waals surface area (Å²) in [6.45, 7) is 4.49.